The zero-order chi connectivity index (χ0) is 15.0. The number of halogens is 1. The van der Waals surface area contributed by atoms with Gasteiger partial charge in [0.05, 0.1) is 11.4 Å². The van der Waals surface area contributed by atoms with Gasteiger partial charge in [0, 0.05) is 12.4 Å². The van der Waals surface area contributed by atoms with Crippen molar-refractivity contribution in [1.29, 1.82) is 0 Å². The minimum atomic E-state index is -1.07. The van der Waals surface area contributed by atoms with Crippen molar-refractivity contribution in [3.8, 4) is 11.5 Å². The molecule has 0 atom stereocenters. The van der Waals surface area contributed by atoms with Crippen molar-refractivity contribution in [1.82, 2.24) is 14.3 Å². The number of nitrogens with zero attached hydrogens (tertiary/aromatic N) is 3. The molecule has 2 aromatic heterocycles. The summed E-state index contributed by atoms with van der Waals surface area (Å²) in [7, 11) is 0. The van der Waals surface area contributed by atoms with Gasteiger partial charge >= 0.3 is 5.97 Å². The minimum Gasteiger partial charge on any atom is -0.477 e. The molecule has 3 rings (SSSR count). The summed E-state index contributed by atoms with van der Waals surface area (Å²) in [5, 5.41) is 13.7. The van der Waals surface area contributed by atoms with E-state index in [1.54, 1.807) is 48.1 Å². The molecular formula is C15H12FN3O2. The van der Waals surface area contributed by atoms with Gasteiger partial charge in [-0.25, -0.2) is 13.9 Å². The SMILES string of the molecule is Cc1nn(-c2cccc(F)c2)c(-n2cccc2)c1C(=O)O. The Morgan fingerprint density at radius 3 is 2.57 bits per heavy atom. The first-order valence-corrected chi connectivity index (χ1v) is 6.30. The van der Waals surface area contributed by atoms with Crippen molar-refractivity contribution in [3.05, 3.63) is 65.9 Å². The molecule has 3 aromatic rings. The second-order valence-electron chi connectivity index (χ2n) is 4.57. The van der Waals surface area contributed by atoms with E-state index in [1.807, 2.05) is 0 Å². The molecule has 0 bridgehead atoms. The van der Waals surface area contributed by atoms with E-state index in [0.717, 1.165) is 0 Å². The van der Waals surface area contributed by atoms with E-state index in [0.29, 0.717) is 17.2 Å². The van der Waals surface area contributed by atoms with Crippen LogP contribution >= 0.6 is 0 Å². The van der Waals surface area contributed by atoms with E-state index in [1.165, 1.54) is 16.8 Å². The molecule has 0 saturated heterocycles. The van der Waals surface area contributed by atoms with Crippen LogP contribution in [0.15, 0.2) is 48.8 Å². The fourth-order valence-corrected chi connectivity index (χ4v) is 2.27. The molecule has 0 saturated carbocycles. The van der Waals surface area contributed by atoms with Gasteiger partial charge in [0.25, 0.3) is 0 Å². The summed E-state index contributed by atoms with van der Waals surface area (Å²) in [6.45, 7) is 1.62. The Bertz CT molecular complexity index is 806. The van der Waals surface area contributed by atoms with Crippen LogP contribution in [-0.4, -0.2) is 25.4 Å². The molecular weight excluding hydrogens is 273 g/mol. The Morgan fingerprint density at radius 2 is 1.95 bits per heavy atom. The van der Waals surface area contributed by atoms with Crippen LogP contribution in [0.3, 0.4) is 0 Å². The molecule has 1 N–H and O–H groups in total. The molecule has 0 fully saturated rings. The zero-order valence-electron chi connectivity index (χ0n) is 11.2. The third kappa shape index (κ3) is 2.20. The standard InChI is InChI=1S/C15H12FN3O2/c1-10-13(15(20)21)14(18-7-2-3-8-18)19(17-10)12-6-4-5-11(16)9-12/h2-9H,1H3,(H,20,21). The lowest BCUT2D eigenvalue weighted by atomic mass is 10.2. The second-order valence-corrected chi connectivity index (χ2v) is 4.57. The van der Waals surface area contributed by atoms with Crippen LogP contribution in [0.4, 0.5) is 4.39 Å². The molecule has 6 heteroatoms. The molecule has 0 aliphatic rings. The monoisotopic (exact) mass is 285 g/mol. The van der Waals surface area contributed by atoms with Gasteiger partial charge in [-0.05, 0) is 37.3 Å². The maximum atomic E-state index is 13.4. The largest absolute Gasteiger partial charge is 0.477 e. The minimum absolute atomic E-state index is 0.0930. The highest BCUT2D eigenvalue weighted by Gasteiger charge is 2.23. The van der Waals surface area contributed by atoms with Gasteiger partial charge in [-0.2, -0.15) is 5.10 Å². The number of carboxylic acid groups (broad SMARTS) is 1. The molecule has 1 aromatic carbocycles. The predicted molar refractivity (Wildman–Crippen MR) is 74.5 cm³/mol. The number of benzene rings is 1. The number of aromatic nitrogens is 3. The van der Waals surface area contributed by atoms with Crippen molar-refractivity contribution >= 4 is 5.97 Å². The molecule has 21 heavy (non-hydrogen) atoms. The molecule has 0 unspecified atom stereocenters. The zero-order valence-corrected chi connectivity index (χ0v) is 11.2. The van der Waals surface area contributed by atoms with Crippen LogP contribution < -0.4 is 0 Å². The summed E-state index contributed by atoms with van der Waals surface area (Å²) in [4.78, 5) is 11.5. The smallest absolute Gasteiger partial charge is 0.341 e. The van der Waals surface area contributed by atoms with E-state index in [9.17, 15) is 14.3 Å². The van der Waals surface area contributed by atoms with E-state index >= 15 is 0 Å². The molecule has 5 nitrogen and oxygen atoms in total. The Hall–Kier alpha value is -2.89. The van der Waals surface area contributed by atoms with Crippen LogP contribution in [0, 0.1) is 12.7 Å². The summed E-state index contributed by atoms with van der Waals surface area (Å²) in [5.41, 5.74) is 0.931. The molecule has 106 valence electrons. The fourth-order valence-electron chi connectivity index (χ4n) is 2.27. The predicted octanol–water partition coefficient (Wildman–Crippen LogP) is 2.81. The lowest BCUT2D eigenvalue weighted by Crippen LogP contribution is -2.08. The normalized spacial score (nSPS) is 10.8. The maximum absolute atomic E-state index is 13.4. The fraction of sp³-hybridized carbons (Fsp3) is 0.0667. The molecule has 0 aliphatic carbocycles. The first kappa shape index (κ1) is 13.1. The third-order valence-electron chi connectivity index (χ3n) is 3.15. The van der Waals surface area contributed by atoms with Crippen molar-refractivity contribution in [2.45, 2.75) is 6.92 Å². The molecule has 0 amide bonds. The summed E-state index contributed by atoms with van der Waals surface area (Å²) in [6, 6.07) is 9.43. The van der Waals surface area contributed by atoms with Gasteiger partial charge in [-0.1, -0.05) is 6.07 Å². The molecule has 0 radical (unpaired) electrons. The van der Waals surface area contributed by atoms with Gasteiger partial charge in [-0.15, -0.1) is 0 Å². The Labute approximate surface area is 119 Å². The van der Waals surface area contributed by atoms with Crippen LogP contribution in [0.25, 0.3) is 11.5 Å². The number of carbonyl (C=O) groups is 1. The number of carboxylic acids is 1. The third-order valence-corrected chi connectivity index (χ3v) is 3.15. The average Bonchev–Trinajstić information content (AvgIpc) is 3.05. The van der Waals surface area contributed by atoms with Crippen molar-refractivity contribution in [2.75, 3.05) is 0 Å². The van der Waals surface area contributed by atoms with Gasteiger partial charge in [0.15, 0.2) is 5.82 Å². The summed E-state index contributed by atoms with van der Waals surface area (Å²) >= 11 is 0. The van der Waals surface area contributed by atoms with Crippen LogP contribution in [0.5, 0.6) is 0 Å². The van der Waals surface area contributed by atoms with Crippen LogP contribution in [-0.2, 0) is 0 Å². The van der Waals surface area contributed by atoms with Crippen LogP contribution in [0.2, 0.25) is 0 Å². The summed E-state index contributed by atoms with van der Waals surface area (Å²) < 4.78 is 16.5. The number of aryl methyl sites for hydroxylation is 1. The Morgan fingerprint density at radius 1 is 1.24 bits per heavy atom. The summed E-state index contributed by atoms with van der Waals surface area (Å²) in [5.74, 6) is -1.11. The summed E-state index contributed by atoms with van der Waals surface area (Å²) in [6.07, 6.45) is 3.44. The first-order valence-electron chi connectivity index (χ1n) is 6.30. The maximum Gasteiger partial charge on any atom is 0.341 e. The average molecular weight is 285 g/mol. The Kier molecular flexibility index (Phi) is 3.06. The van der Waals surface area contributed by atoms with Gasteiger partial charge in [-0.3, -0.25) is 0 Å². The van der Waals surface area contributed by atoms with E-state index in [2.05, 4.69) is 5.10 Å². The van der Waals surface area contributed by atoms with Gasteiger partial charge < -0.3 is 9.67 Å². The molecule has 2 heterocycles. The van der Waals surface area contributed by atoms with Gasteiger partial charge in [0.2, 0.25) is 0 Å². The lowest BCUT2D eigenvalue weighted by Gasteiger charge is -2.09. The van der Waals surface area contributed by atoms with Crippen molar-refractivity contribution in [2.24, 2.45) is 0 Å². The second kappa shape index (κ2) is 4.90. The van der Waals surface area contributed by atoms with Crippen LogP contribution in [0.1, 0.15) is 16.1 Å². The van der Waals surface area contributed by atoms with E-state index < -0.39 is 11.8 Å². The highest BCUT2D eigenvalue weighted by atomic mass is 19.1. The highest BCUT2D eigenvalue weighted by Crippen LogP contribution is 2.23. The lowest BCUT2D eigenvalue weighted by molar-refractivity contribution is 0.0696. The number of aromatic carboxylic acids is 1. The Balaban J connectivity index is 2.31. The van der Waals surface area contributed by atoms with E-state index in [-0.39, 0.29) is 5.56 Å². The molecule has 0 spiro atoms. The number of rotatable bonds is 3. The first-order chi connectivity index (χ1) is 10.1. The number of hydrogen-bond acceptors (Lipinski definition) is 2. The highest BCUT2D eigenvalue weighted by molar-refractivity contribution is 5.93. The number of hydrogen-bond donors (Lipinski definition) is 1. The van der Waals surface area contributed by atoms with Crippen molar-refractivity contribution < 1.29 is 14.3 Å². The van der Waals surface area contributed by atoms with Crippen molar-refractivity contribution in [3.63, 3.8) is 0 Å². The molecule has 0 aliphatic heterocycles. The quantitative estimate of drug-likeness (QED) is 0.805. The van der Waals surface area contributed by atoms with E-state index in [4.69, 9.17) is 0 Å². The van der Waals surface area contributed by atoms with Gasteiger partial charge in [0.1, 0.15) is 11.4 Å². The topological polar surface area (TPSA) is 60.0 Å².